The van der Waals surface area contributed by atoms with Crippen LogP contribution in [0, 0.1) is 0 Å². The molecule has 0 aliphatic rings. The highest BCUT2D eigenvalue weighted by molar-refractivity contribution is 6.36. The van der Waals surface area contributed by atoms with Crippen LogP contribution in [0.1, 0.15) is 13.8 Å². The second-order valence-electron chi connectivity index (χ2n) is 4.75. The molecule has 0 saturated heterocycles. The molecule has 1 aromatic heterocycles. The summed E-state index contributed by atoms with van der Waals surface area (Å²) in [5, 5.41) is 0.704. The molecule has 0 aliphatic heterocycles. The van der Waals surface area contributed by atoms with Crippen molar-refractivity contribution in [2.45, 2.75) is 19.4 Å². The quantitative estimate of drug-likeness (QED) is 0.644. The topological polar surface area (TPSA) is 63.4 Å². The number of nitrogens with one attached hydrogen (secondary N) is 1. The first-order valence-corrected chi connectivity index (χ1v) is 6.16. The summed E-state index contributed by atoms with van der Waals surface area (Å²) in [5.41, 5.74) is 2.25. The number of likely N-dealkylation sites (N-methyl/N-ethyl adjacent to an activating group) is 1. The number of hydrogen-bond donors (Lipinski definition) is 2. The molecule has 1 rings (SSSR count). The van der Waals surface area contributed by atoms with Gasteiger partial charge in [-0.2, -0.15) is 4.98 Å². The Morgan fingerprint density at radius 3 is 2.50 bits per heavy atom. The molecule has 1 aromatic rings. The van der Waals surface area contributed by atoms with Gasteiger partial charge in [0.25, 0.3) is 0 Å². The van der Waals surface area contributed by atoms with E-state index in [0.717, 1.165) is 0 Å². The number of nitrogen functional groups attached to an aromatic ring is 1. The highest BCUT2D eigenvalue weighted by atomic mass is 35.5. The fourth-order valence-corrected chi connectivity index (χ4v) is 1.49. The van der Waals surface area contributed by atoms with Gasteiger partial charge >= 0.3 is 0 Å². The molecule has 0 radical (unpaired) electrons. The molecule has 3 N–H and O–H groups in total. The molecule has 7 heteroatoms. The molecule has 18 heavy (non-hydrogen) atoms. The Labute approximate surface area is 117 Å². The summed E-state index contributed by atoms with van der Waals surface area (Å²) in [6.07, 6.45) is 0. The van der Waals surface area contributed by atoms with E-state index < -0.39 is 0 Å². The molecular weight excluding hydrogens is 275 g/mol. The van der Waals surface area contributed by atoms with Gasteiger partial charge in [-0.05, 0) is 34.0 Å². The van der Waals surface area contributed by atoms with E-state index in [1.54, 1.807) is 6.07 Å². The molecular formula is C11H18Cl2N4O. The molecule has 0 fully saturated rings. The average molecular weight is 293 g/mol. The molecule has 0 saturated carbocycles. The molecule has 5 nitrogen and oxygen atoms in total. The molecule has 0 unspecified atom stereocenters. The van der Waals surface area contributed by atoms with Crippen molar-refractivity contribution in [3.8, 4) is 5.88 Å². The van der Waals surface area contributed by atoms with Gasteiger partial charge in [0.2, 0.25) is 5.88 Å². The highest BCUT2D eigenvalue weighted by Gasteiger charge is 2.22. The molecule has 1 heterocycles. The largest absolute Gasteiger partial charge is 0.475 e. The summed E-state index contributed by atoms with van der Waals surface area (Å²) < 4.78 is 5.62. The van der Waals surface area contributed by atoms with Gasteiger partial charge in [-0.15, -0.1) is 0 Å². The van der Waals surface area contributed by atoms with E-state index in [2.05, 4.69) is 29.2 Å². The van der Waals surface area contributed by atoms with Crippen molar-refractivity contribution in [2.75, 3.05) is 26.1 Å². The summed E-state index contributed by atoms with van der Waals surface area (Å²) in [5.74, 6) is 5.94. The van der Waals surface area contributed by atoms with E-state index in [4.69, 9.17) is 33.8 Å². The van der Waals surface area contributed by atoms with Crippen LogP contribution in [-0.2, 0) is 0 Å². The lowest BCUT2D eigenvalue weighted by Crippen LogP contribution is -2.43. The zero-order chi connectivity index (χ0) is 13.9. The minimum Gasteiger partial charge on any atom is -0.475 e. The van der Waals surface area contributed by atoms with Crippen molar-refractivity contribution in [1.82, 2.24) is 9.88 Å². The monoisotopic (exact) mass is 292 g/mol. The Bertz CT molecular complexity index is 424. The maximum Gasteiger partial charge on any atom is 0.234 e. The van der Waals surface area contributed by atoms with Gasteiger partial charge in [0.05, 0.1) is 5.02 Å². The third-order valence-electron chi connectivity index (χ3n) is 2.81. The molecule has 0 spiro atoms. The van der Waals surface area contributed by atoms with E-state index in [9.17, 15) is 0 Å². The van der Waals surface area contributed by atoms with Crippen LogP contribution >= 0.6 is 23.2 Å². The van der Waals surface area contributed by atoms with Crippen LogP contribution < -0.4 is 16.0 Å². The summed E-state index contributed by atoms with van der Waals surface area (Å²) in [6.45, 7) is 4.55. The first-order valence-electron chi connectivity index (χ1n) is 5.41. The number of rotatable bonds is 5. The lowest BCUT2D eigenvalue weighted by atomic mass is 10.1. The number of nitrogens with two attached hydrogens (primary N) is 1. The smallest absolute Gasteiger partial charge is 0.234 e. The Morgan fingerprint density at radius 2 is 2.00 bits per heavy atom. The molecule has 0 bridgehead atoms. The van der Waals surface area contributed by atoms with Gasteiger partial charge in [-0.1, -0.05) is 23.2 Å². The lowest BCUT2D eigenvalue weighted by Gasteiger charge is -2.32. The Hall–Kier alpha value is -0.750. The van der Waals surface area contributed by atoms with Crippen LogP contribution in [0.4, 0.5) is 5.82 Å². The van der Waals surface area contributed by atoms with Crippen molar-refractivity contribution in [3.05, 3.63) is 16.1 Å². The van der Waals surface area contributed by atoms with Gasteiger partial charge in [-0.3, -0.25) is 0 Å². The van der Waals surface area contributed by atoms with Crippen LogP contribution in [0.5, 0.6) is 5.88 Å². The maximum absolute atomic E-state index is 6.01. The molecule has 0 amide bonds. The first-order chi connectivity index (χ1) is 8.27. The van der Waals surface area contributed by atoms with Gasteiger partial charge in [0.15, 0.2) is 5.82 Å². The van der Waals surface area contributed by atoms with Crippen LogP contribution in [0.15, 0.2) is 6.07 Å². The van der Waals surface area contributed by atoms with Crippen LogP contribution in [-0.4, -0.2) is 36.1 Å². The lowest BCUT2D eigenvalue weighted by molar-refractivity contribution is 0.111. The number of anilines is 1. The average Bonchev–Trinajstić information content (AvgIpc) is 2.27. The number of pyridine rings is 1. The summed E-state index contributed by atoms with van der Waals surface area (Å²) in [7, 11) is 3.96. The first kappa shape index (κ1) is 15.3. The Balaban J connectivity index is 2.85. The third-order valence-corrected chi connectivity index (χ3v) is 3.37. The summed E-state index contributed by atoms with van der Waals surface area (Å²) in [4.78, 5) is 6.17. The van der Waals surface area contributed by atoms with E-state index in [1.807, 2.05) is 14.1 Å². The molecule has 0 aromatic carbocycles. The van der Waals surface area contributed by atoms with Crippen molar-refractivity contribution in [2.24, 2.45) is 5.84 Å². The minimum absolute atomic E-state index is 0.138. The number of aromatic nitrogens is 1. The fraction of sp³-hybridized carbons (Fsp3) is 0.545. The number of halogens is 2. The fourth-order valence-electron chi connectivity index (χ4n) is 1.03. The highest BCUT2D eigenvalue weighted by Crippen LogP contribution is 2.30. The SMILES string of the molecule is CN(C)C(C)(C)COc1nc(NN)c(Cl)cc1Cl. The van der Waals surface area contributed by atoms with Crippen molar-refractivity contribution in [1.29, 1.82) is 0 Å². The van der Waals surface area contributed by atoms with Crippen molar-refractivity contribution >= 4 is 29.0 Å². The standard InChI is InChI=1S/C11H18Cl2N4O/c1-11(2,17(3)4)6-18-10-8(13)5-7(12)9(15-10)16-14/h5H,6,14H2,1-4H3,(H,15,16). The van der Waals surface area contributed by atoms with Gasteiger partial charge in [0.1, 0.15) is 11.6 Å². The predicted molar refractivity (Wildman–Crippen MR) is 75.3 cm³/mol. The molecule has 102 valence electrons. The number of hydrazine groups is 1. The predicted octanol–water partition coefficient (Wildman–Crippen LogP) is 2.39. The summed E-state index contributed by atoms with van der Waals surface area (Å²) in [6, 6.07) is 1.54. The molecule has 0 atom stereocenters. The van der Waals surface area contributed by atoms with Gasteiger partial charge in [-0.25, -0.2) is 5.84 Å². The van der Waals surface area contributed by atoms with Crippen LogP contribution in [0.2, 0.25) is 10.0 Å². The van der Waals surface area contributed by atoms with E-state index in [0.29, 0.717) is 28.3 Å². The zero-order valence-electron chi connectivity index (χ0n) is 10.9. The normalized spacial score (nSPS) is 11.8. The van der Waals surface area contributed by atoms with Crippen molar-refractivity contribution < 1.29 is 4.74 Å². The Morgan fingerprint density at radius 1 is 1.39 bits per heavy atom. The minimum atomic E-state index is -0.138. The van der Waals surface area contributed by atoms with Gasteiger partial charge in [0, 0.05) is 5.54 Å². The number of nitrogens with zero attached hydrogens (tertiary/aromatic N) is 2. The number of ether oxygens (including phenoxy) is 1. The van der Waals surface area contributed by atoms with E-state index in [-0.39, 0.29) is 5.54 Å². The van der Waals surface area contributed by atoms with Crippen molar-refractivity contribution in [3.63, 3.8) is 0 Å². The second kappa shape index (κ2) is 5.93. The van der Waals surface area contributed by atoms with Gasteiger partial charge < -0.3 is 15.1 Å². The van der Waals surface area contributed by atoms with E-state index >= 15 is 0 Å². The summed E-state index contributed by atoms with van der Waals surface area (Å²) >= 11 is 11.9. The molecule has 0 aliphatic carbocycles. The zero-order valence-corrected chi connectivity index (χ0v) is 12.4. The maximum atomic E-state index is 6.01. The third kappa shape index (κ3) is 3.62. The van der Waals surface area contributed by atoms with Crippen LogP contribution in [0.3, 0.4) is 0 Å². The van der Waals surface area contributed by atoms with E-state index in [1.165, 1.54) is 0 Å². The number of hydrogen-bond acceptors (Lipinski definition) is 5. The second-order valence-corrected chi connectivity index (χ2v) is 5.56. The Kier molecular flexibility index (Phi) is 5.04. The van der Waals surface area contributed by atoms with Crippen LogP contribution in [0.25, 0.3) is 0 Å².